The second kappa shape index (κ2) is 5.12. The van der Waals surface area contributed by atoms with Gasteiger partial charge < -0.3 is 5.11 Å². The Kier molecular flexibility index (Phi) is 3.73. The minimum Gasteiger partial charge on any atom is -0.478 e. The van der Waals surface area contributed by atoms with E-state index in [9.17, 15) is 9.59 Å². The van der Waals surface area contributed by atoms with Gasteiger partial charge in [0.15, 0.2) is 5.78 Å². The van der Waals surface area contributed by atoms with Crippen LogP contribution in [-0.2, 0) is 9.59 Å². The fourth-order valence-electron chi connectivity index (χ4n) is 2.09. The van der Waals surface area contributed by atoms with Gasteiger partial charge in [-0.25, -0.2) is 4.79 Å². The molecule has 0 bridgehead atoms. The number of halogens is 2. The average Bonchev–Trinajstić information content (AvgIpc) is 2.30. The van der Waals surface area contributed by atoms with Crippen LogP contribution in [0.15, 0.2) is 29.8 Å². The van der Waals surface area contributed by atoms with Gasteiger partial charge in [-0.1, -0.05) is 35.3 Å². The van der Waals surface area contributed by atoms with E-state index >= 15 is 0 Å². The molecular formula is C13H10Cl2O3. The van der Waals surface area contributed by atoms with Crippen LogP contribution in [-0.4, -0.2) is 16.9 Å². The van der Waals surface area contributed by atoms with Gasteiger partial charge in [0.1, 0.15) is 0 Å². The number of aliphatic carboxylic acids is 1. The second-order valence-corrected chi connectivity index (χ2v) is 4.93. The zero-order valence-electron chi connectivity index (χ0n) is 9.32. The molecule has 0 fully saturated rings. The smallest absolute Gasteiger partial charge is 0.339 e. The third kappa shape index (κ3) is 2.42. The first-order valence-electron chi connectivity index (χ1n) is 5.43. The molecule has 0 radical (unpaired) electrons. The Bertz CT molecular complexity index is 549. The van der Waals surface area contributed by atoms with Crippen LogP contribution < -0.4 is 0 Å². The Morgan fingerprint density at radius 3 is 2.67 bits per heavy atom. The normalized spacial score (nSPS) is 19.6. The lowest BCUT2D eigenvalue weighted by molar-refractivity contribution is -0.135. The molecule has 1 unspecified atom stereocenters. The molecule has 1 N–H and O–H groups in total. The quantitative estimate of drug-likeness (QED) is 0.847. The van der Waals surface area contributed by atoms with Crippen LogP contribution in [0, 0.1) is 0 Å². The van der Waals surface area contributed by atoms with E-state index in [4.69, 9.17) is 28.3 Å². The second-order valence-electron chi connectivity index (χ2n) is 4.08. The standard InChI is InChI=1S/C13H10Cl2O3/c14-7-4-5-8(11(15)6-7)9-2-1-3-10(12(9)16)13(17)18/h3-6,9H,1-2H2,(H,17,18). The van der Waals surface area contributed by atoms with Crippen LogP contribution in [0.5, 0.6) is 0 Å². The molecule has 0 amide bonds. The molecule has 5 heteroatoms. The van der Waals surface area contributed by atoms with Crippen LogP contribution in [0.2, 0.25) is 10.0 Å². The van der Waals surface area contributed by atoms with Gasteiger partial charge in [-0.15, -0.1) is 0 Å². The van der Waals surface area contributed by atoms with E-state index in [0.717, 1.165) is 0 Å². The van der Waals surface area contributed by atoms with Crippen molar-refractivity contribution in [3.63, 3.8) is 0 Å². The highest BCUT2D eigenvalue weighted by Crippen LogP contribution is 2.35. The third-order valence-electron chi connectivity index (χ3n) is 2.95. The number of Topliss-reactive ketones (excluding diaryl/α,β-unsaturated/α-hetero) is 1. The van der Waals surface area contributed by atoms with Crippen molar-refractivity contribution in [2.75, 3.05) is 0 Å². The lowest BCUT2D eigenvalue weighted by Gasteiger charge is -2.21. The van der Waals surface area contributed by atoms with Gasteiger partial charge in [-0.2, -0.15) is 0 Å². The number of carbonyl (C=O) groups is 2. The Hall–Kier alpha value is -1.32. The Labute approximate surface area is 114 Å². The SMILES string of the molecule is O=C(O)C1=CCCC(c2ccc(Cl)cc2Cl)C1=O. The van der Waals surface area contributed by atoms with E-state index in [1.165, 1.54) is 6.08 Å². The van der Waals surface area contributed by atoms with Gasteiger partial charge >= 0.3 is 5.97 Å². The number of ketones is 1. The van der Waals surface area contributed by atoms with Gasteiger partial charge in [0.25, 0.3) is 0 Å². The monoisotopic (exact) mass is 284 g/mol. The van der Waals surface area contributed by atoms with Crippen molar-refractivity contribution < 1.29 is 14.7 Å². The van der Waals surface area contributed by atoms with Crippen molar-refractivity contribution in [3.05, 3.63) is 45.5 Å². The zero-order valence-corrected chi connectivity index (χ0v) is 10.8. The average molecular weight is 285 g/mol. The summed E-state index contributed by atoms with van der Waals surface area (Å²) in [5, 5.41) is 9.83. The van der Waals surface area contributed by atoms with Crippen LogP contribution in [0.1, 0.15) is 24.3 Å². The first kappa shape index (κ1) is 13.1. The van der Waals surface area contributed by atoms with Crippen molar-refractivity contribution in [2.45, 2.75) is 18.8 Å². The number of allylic oxidation sites excluding steroid dienone is 1. The fraction of sp³-hybridized carbons (Fsp3) is 0.231. The summed E-state index contributed by atoms with van der Waals surface area (Å²) in [4.78, 5) is 23.0. The maximum atomic E-state index is 12.1. The van der Waals surface area contributed by atoms with Crippen molar-refractivity contribution in [1.29, 1.82) is 0 Å². The summed E-state index contributed by atoms with van der Waals surface area (Å²) in [6.07, 6.45) is 2.58. The predicted molar refractivity (Wildman–Crippen MR) is 69.2 cm³/mol. The Balaban J connectivity index is 2.38. The van der Waals surface area contributed by atoms with Gasteiger partial charge in [-0.3, -0.25) is 4.79 Å². The maximum absolute atomic E-state index is 12.1. The number of hydrogen-bond acceptors (Lipinski definition) is 2. The van der Waals surface area contributed by atoms with E-state index in [1.807, 2.05) is 0 Å². The van der Waals surface area contributed by atoms with Crippen LogP contribution >= 0.6 is 23.2 Å². The van der Waals surface area contributed by atoms with Crippen molar-refractivity contribution in [1.82, 2.24) is 0 Å². The predicted octanol–water partition coefficient (Wildman–Crippen LogP) is 3.45. The summed E-state index contributed by atoms with van der Waals surface area (Å²) in [7, 11) is 0. The molecule has 3 nitrogen and oxygen atoms in total. The highest BCUT2D eigenvalue weighted by Gasteiger charge is 2.31. The van der Waals surface area contributed by atoms with Crippen molar-refractivity contribution >= 4 is 35.0 Å². The maximum Gasteiger partial charge on any atom is 0.339 e. The van der Waals surface area contributed by atoms with E-state index in [2.05, 4.69) is 0 Å². The lowest BCUT2D eigenvalue weighted by atomic mass is 9.82. The number of carboxylic acids is 1. The minimum atomic E-state index is -1.19. The van der Waals surface area contributed by atoms with Gasteiger partial charge in [0, 0.05) is 16.0 Å². The first-order chi connectivity index (χ1) is 8.50. The minimum absolute atomic E-state index is 0.155. The number of rotatable bonds is 2. The molecular weight excluding hydrogens is 275 g/mol. The first-order valence-corrected chi connectivity index (χ1v) is 6.19. The summed E-state index contributed by atoms with van der Waals surface area (Å²) in [5.74, 6) is -2.07. The molecule has 1 aliphatic rings. The topological polar surface area (TPSA) is 54.4 Å². The molecule has 1 aromatic carbocycles. The molecule has 1 atom stereocenters. The van der Waals surface area contributed by atoms with Gasteiger partial charge in [-0.05, 0) is 30.5 Å². The highest BCUT2D eigenvalue weighted by molar-refractivity contribution is 6.35. The Morgan fingerprint density at radius 1 is 1.33 bits per heavy atom. The molecule has 1 aliphatic carbocycles. The highest BCUT2D eigenvalue weighted by atomic mass is 35.5. The zero-order chi connectivity index (χ0) is 13.3. The summed E-state index contributed by atoms with van der Waals surface area (Å²) in [6, 6.07) is 4.89. The van der Waals surface area contributed by atoms with Gasteiger partial charge in [0.05, 0.1) is 5.57 Å². The van der Waals surface area contributed by atoms with Gasteiger partial charge in [0.2, 0.25) is 0 Å². The van der Waals surface area contributed by atoms with Crippen LogP contribution in [0.25, 0.3) is 0 Å². The largest absolute Gasteiger partial charge is 0.478 e. The molecule has 0 heterocycles. The van der Waals surface area contributed by atoms with Crippen molar-refractivity contribution in [2.24, 2.45) is 0 Å². The molecule has 1 aromatic rings. The van der Waals surface area contributed by atoms with E-state index < -0.39 is 17.7 Å². The molecule has 0 saturated carbocycles. The summed E-state index contributed by atoms with van der Waals surface area (Å²) >= 11 is 11.8. The summed E-state index contributed by atoms with van der Waals surface area (Å²) < 4.78 is 0. The number of hydrogen-bond donors (Lipinski definition) is 1. The molecule has 18 heavy (non-hydrogen) atoms. The molecule has 0 aromatic heterocycles. The molecule has 0 saturated heterocycles. The van der Waals surface area contributed by atoms with Crippen LogP contribution in [0.4, 0.5) is 0 Å². The summed E-state index contributed by atoms with van der Waals surface area (Å²) in [5.41, 5.74) is 0.482. The molecule has 0 aliphatic heterocycles. The van der Waals surface area contributed by atoms with Crippen LogP contribution in [0.3, 0.4) is 0 Å². The van der Waals surface area contributed by atoms with E-state index in [-0.39, 0.29) is 5.57 Å². The lowest BCUT2D eigenvalue weighted by Crippen LogP contribution is -2.23. The number of carbonyl (C=O) groups excluding carboxylic acids is 1. The molecule has 94 valence electrons. The van der Waals surface area contributed by atoms with E-state index in [1.54, 1.807) is 18.2 Å². The molecule has 2 rings (SSSR count). The fourth-order valence-corrected chi connectivity index (χ4v) is 2.63. The number of carboxylic acid groups (broad SMARTS) is 1. The van der Waals surface area contributed by atoms with Crippen molar-refractivity contribution in [3.8, 4) is 0 Å². The molecule has 0 spiro atoms. The third-order valence-corrected chi connectivity index (χ3v) is 3.52. The Morgan fingerprint density at radius 2 is 2.06 bits per heavy atom. The number of benzene rings is 1. The summed E-state index contributed by atoms with van der Waals surface area (Å²) in [6.45, 7) is 0. The van der Waals surface area contributed by atoms with E-state index in [0.29, 0.717) is 28.5 Å².